The van der Waals surface area contributed by atoms with Gasteiger partial charge in [0.2, 0.25) is 0 Å². The van der Waals surface area contributed by atoms with Crippen molar-refractivity contribution < 1.29 is 38.7 Å². The zero-order valence-corrected chi connectivity index (χ0v) is 29.3. The van der Waals surface area contributed by atoms with Gasteiger partial charge in [0, 0.05) is 24.2 Å². The number of aliphatic hydroxyl groups is 2. The average Bonchev–Trinajstić information content (AvgIpc) is 3.54. The van der Waals surface area contributed by atoms with E-state index in [0.717, 1.165) is 38.7 Å². The standard InChI is InChI=1S/C41H52O8/c1-24-15-18-41(46-23-24)25(2)35-31(49-41)20-30-28-19-34(42)40(45)22-33(48-37(44)27-13-9-6-10-14-27)32(47-36(43)26-11-7-5-8-12-26)21-39(40,4)29(28)16-17-38(30,35)3/h5-14,24-25,28-35,42,45H,15-23H2,1-4H3/t24-,25+,28-,29-,30-,31-,32-,33+,34+,35+,38+,39-,40+,41-/m1/s1. The molecule has 8 rings (SSSR count). The van der Waals surface area contributed by atoms with Gasteiger partial charge in [-0.25, -0.2) is 9.59 Å². The van der Waals surface area contributed by atoms with Crippen molar-refractivity contribution in [3.05, 3.63) is 71.8 Å². The van der Waals surface area contributed by atoms with E-state index in [1.807, 2.05) is 12.1 Å². The Kier molecular flexibility index (Phi) is 8.10. The normalized spacial score (nSPS) is 47.0. The van der Waals surface area contributed by atoms with E-state index in [4.69, 9.17) is 18.9 Å². The Labute approximate surface area is 289 Å². The van der Waals surface area contributed by atoms with Gasteiger partial charge in [0.15, 0.2) is 5.79 Å². The summed E-state index contributed by atoms with van der Waals surface area (Å²) in [6, 6.07) is 17.5. The van der Waals surface area contributed by atoms with E-state index in [1.165, 1.54) is 0 Å². The van der Waals surface area contributed by atoms with Crippen molar-refractivity contribution in [1.29, 1.82) is 0 Å². The maximum atomic E-state index is 13.5. The molecule has 2 aromatic carbocycles. The van der Waals surface area contributed by atoms with E-state index in [9.17, 15) is 19.8 Å². The van der Waals surface area contributed by atoms with Crippen molar-refractivity contribution >= 4 is 11.9 Å². The lowest BCUT2D eigenvalue weighted by Crippen LogP contribution is -2.71. The molecular weight excluding hydrogens is 620 g/mol. The lowest BCUT2D eigenvalue weighted by molar-refractivity contribution is -0.286. The molecule has 6 aliphatic rings. The number of carbonyl (C=O) groups excluding carboxylic acids is 2. The monoisotopic (exact) mass is 672 g/mol. The second-order valence-electron chi connectivity index (χ2n) is 17.0. The molecule has 2 heterocycles. The van der Waals surface area contributed by atoms with Gasteiger partial charge in [0.1, 0.15) is 12.2 Å². The summed E-state index contributed by atoms with van der Waals surface area (Å²) in [5.74, 6) is 0.296. The fraction of sp³-hybridized carbons (Fsp3) is 0.659. The zero-order chi connectivity index (χ0) is 34.3. The van der Waals surface area contributed by atoms with E-state index >= 15 is 0 Å². The lowest BCUT2D eigenvalue weighted by Gasteiger charge is -2.66. The van der Waals surface area contributed by atoms with Gasteiger partial charge in [0.25, 0.3) is 0 Å². The van der Waals surface area contributed by atoms with E-state index < -0.39 is 47.1 Å². The van der Waals surface area contributed by atoms with Crippen LogP contribution >= 0.6 is 0 Å². The van der Waals surface area contributed by atoms with Gasteiger partial charge in [-0.05, 0) is 97.8 Å². The highest BCUT2D eigenvalue weighted by molar-refractivity contribution is 5.90. The Bertz CT molecular complexity index is 1560. The van der Waals surface area contributed by atoms with Gasteiger partial charge >= 0.3 is 11.9 Å². The van der Waals surface area contributed by atoms with Crippen LogP contribution in [0.3, 0.4) is 0 Å². The van der Waals surface area contributed by atoms with Crippen molar-refractivity contribution in [3.63, 3.8) is 0 Å². The molecular formula is C41H52O8. The van der Waals surface area contributed by atoms with Gasteiger partial charge in [-0.1, -0.05) is 64.1 Å². The quantitative estimate of drug-likeness (QED) is 0.351. The first-order valence-corrected chi connectivity index (χ1v) is 18.6. The molecule has 1 spiro atoms. The smallest absolute Gasteiger partial charge is 0.338 e. The molecule has 2 aliphatic heterocycles. The van der Waals surface area contributed by atoms with Crippen LogP contribution in [-0.2, 0) is 18.9 Å². The predicted molar refractivity (Wildman–Crippen MR) is 181 cm³/mol. The molecule has 4 saturated carbocycles. The number of esters is 2. The summed E-state index contributed by atoms with van der Waals surface area (Å²) in [6.45, 7) is 9.85. The van der Waals surface area contributed by atoms with Crippen molar-refractivity contribution in [2.45, 2.75) is 115 Å². The third-order valence-electron chi connectivity index (χ3n) is 14.6. The van der Waals surface area contributed by atoms with Gasteiger partial charge in [-0.3, -0.25) is 0 Å². The minimum absolute atomic E-state index is 0.00912. The van der Waals surface area contributed by atoms with Gasteiger partial charge in [0.05, 0.1) is 35.5 Å². The van der Waals surface area contributed by atoms with Gasteiger partial charge in [-0.15, -0.1) is 0 Å². The molecule has 6 fully saturated rings. The molecule has 0 aromatic heterocycles. The maximum absolute atomic E-state index is 13.5. The van der Waals surface area contributed by atoms with E-state index in [2.05, 4.69) is 27.7 Å². The first-order valence-electron chi connectivity index (χ1n) is 18.6. The van der Waals surface area contributed by atoms with Crippen LogP contribution in [0.2, 0.25) is 0 Å². The highest BCUT2D eigenvalue weighted by Gasteiger charge is 2.73. The molecule has 49 heavy (non-hydrogen) atoms. The number of carbonyl (C=O) groups is 2. The number of hydrogen-bond donors (Lipinski definition) is 2. The molecule has 0 unspecified atom stereocenters. The van der Waals surface area contributed by atoms with Crippen LogP contribution in [0.5, 0.6) is 0 Å². The Hall–Kier alpha value is -2.78. The Morgan fingerprint density at radius 2 is 1.43 bits per heavy atom. The number of hydrogen-bond acceptors (Lipinski definition) is 8. The Balaban J connectivity index is 1.08. The maximum Gasteiger partial charge on any atom is 0.338 e. The van der Waals surface area contributed by atoms with Crippen molar-refractivity contribution in [1.82, 2.24) is 0 Å². The van der Waals surface area contributed by atoms with Gasteiger partial charge < -0.3 is 29.2 Å². The summed E-state index contributed by atoms with van der Waals surface area (Å²) in [4.78, 5) is 26.8. The van der Waals surface area contributed by atoms with Crippen molar-refractivity contribution in [3.8, 4) is 0 Å². The molecule has 8 heteroatoms. The number of benzene rings is 2. The molecule has 0 radical (unpaired) electrons. The molecule has 0 amide bonds. The summed E-state index contributed by atoms with van der Waals surface area (Å²) in [5.41, 5.74) is -1.47. The van der Waals surface area contributed by atoms with Crippen molar-refractivity contribution in [2.24, 2.45) is 46.3 Å². The summed E-state index contributed by atoms with van der Waals surface area (Å²) in [6.07, 6.45) is 3.05. The highest BCUT2D eigenvalue weighted by atomic mass is 16.7. The SMILES string of the molecule is C[C@@H]1CC[C@@]2(OC1)O[C@@H]1C[C@@H]3[C@@H]4C[C@H](O)[C@@]5(O)C[C@H](OC(=O)c6ccccc6)[C@H](OC(=O)c6ccccc6)C[C@]5(C)[C@@H]4CC[C@]3(C)[C@H]1[C@@H]2C. The van der Waals surface area contributed by atoms with E-state index in [0.29, 0.717) is 35.3 Å². The molecule has 2 N–H and O–H groups in total. The van der Waals surface area contributed by atoms with Crippen LogP contribution < -0.4 is 0 Å². The second kappa shape index (κ2) is 11.9. The number of rotatable bonds is 4. The Morgan fingerprint density at radius 3 is 2.02 bits per heavy atom. The molecule has 2 saturated heterocycles. The average molecular weight is 673 g/mol. The third kappa shape index (κ3) is 5.06. The fourth-order valence-electron chi connectivity index (χ4n) is 12.1. The number of fused-ring (bicyclic) bond motifs is 7. The largest absolute Gasteiger partial charge is 0.455 e. The van der Waals surface area contributed by atoms with Crippen LogP contribution in [0.4, 0.5) is 0 Å². The molecule has 8 nitrogen and oxygen atoms in total. The van der Waals surface area contributed by atoms with Gasteiger partial charge in [-0.2, -0.15) is 0 Å². The summed E-state index contributed by atoms with van der Waals surface area (Å²) >= 11 is 0. The Morgan fingerprint density at radius 1 is 0.816 bits per heavy atom. The predicted octanol–water partition coefficient (Wildman–Crippen LogP) is 6.58. The summed E-state index contributed by atoms with van der Waals surface area (Å²) < 4.78 is 25.7. The topological polar surface area (TPSA) is 112 Å². The van der Waals surface area contributed by atoms with Crippen LogP contribution in [0.25, 0.3) is 0 Å². The van der Waals surface area contributed by atoms with Crippen molar-refractivity contribution in [2.75, 3.05) is 6.61 Å². The molecule has 2 aromatic rings. The number of ether oxygens (including phenoxy) is 4. The number of aliphatic hydroxyl groups excluding tert-OH is 1. The molecule has 4 aliphatic carbocycles. The minimum atomic E-state index is -1.52. The van der Waals surface area contributed by atoms with Crippen LogP contribution in [-0.4, -0.2) is 64.6 Å². The lowest BCUT2D eigenvalue weighted by atomic mass is 9.42. The van der Waals surface area contributed by atoms with Crippen LogP contribution in [0, 0.1) is 46.3 Å². The molecule has 0 bridgehead atoms. The molecule has 14 atom stereocenters. The minimum Gasteiger partial charge on any atom is -0.455 e. The fourth-order valence-corrected chi connectivity index (χ4v) is 12.1. The summed E-state index contributed by atoms with van der Waals surface area (Å²) in [5, 5.41) is 24.7. The third-order valence-corrected chi connectivity index (χ3v) is 14.6. The van der Waals surface area contributed by atoms with E-state index in [-0.39, 0.29) is 42.1 Å². The first kappa shape index (κ1) is 33.4. The first-order chi connectivity index (χ1) is 23.4. The van der Waals surface area contributed by atoms with Crippen LogP contribution in [0.1, 0.15) is 99.8 Å². The summed E-state index contributed by atoms with van der Waals surface area (Å²) in [7, 11) is 0. The zero-order valence-electron chi connectivity index (χ0n) is 29.3. The van der Waals surface area contributed by atoms with Crippen LogP contribution in [0.15, 0.2) is 60.7 Å². The highest BCUT2D eigenvalue weighted by Crippen LogP contribution is 2.72. The molecule has 264 valence electrons. The van der Waals surface area contributed by atoms with E-state index in [1.54, 1.807) is 48.5 Å². The second-order valence-corrected chi connectivity index (χ2v) is 17.0.